The first-order valence-electron chi connectivity index (χ1n) is 5.14. The van der Waals surface area contributed by atoms with Crippen LogP contribution in [0, 0.1) is 0 Å². The zero-order chi connectivity index (χ0) is 12.8. The summed E-state index contributed by atoms with van der Waals surface area (Å²) in [4.78, 5) is 15.3. The maximum atomic E-state index is 11.4. The van der Waals surface area contributed by atoms with Crippen LogP contribution < -0.4 is 4.74 Å². The molecule has 1 unspecified atom stereocenters. The largest absolute Gasteiger partial charge is 0.481 e. The summed E-state index contributed by atoms with van der Waals surface area (Å²) >= 11 is 0. The molecule has 0 aromatic carbocycles. The Morgan fingerprint density at radius 3 is 2.76 bits per heavy atom. The summed E-state index contributed by atoms with van der Waals surface area (Å²) in [6.07, 6.45) is 0.306. The highest BCUT2D eigenvalue weighted by molar-refractivity contribution is 5.89. The van der Waals surface area contributed by atoms with Crippen LogP contribution in [0.2, 0.25) is 0 Å². The maximum absolute atomic E-state index is 11.4. The van der Waals surface area contributed by atoms with Crippen LogP contribution in [0.1, 0.15) is 18.6 Å². The van der Waals surface area contributed by atoms with Crippen molar-refractivity contribution in [2.75, 3.05) is 13.7 Å². The van der Waals surface area contributed by atoms with Gasteiger partial charge in [0, 0.05) is 17.8 Å². The van der Waals surface area contributed by atoms with Crippen LogP contribution in [0.4, 0.5) is 0 Å². The number of rotatable bonds is 5. The molecule has 0 radical (unpaired) electrons. The van der Waals surface area contributed by atoms with Gasteiger partial charge in [0.1, 0.15) is 6.10 Å². The van der Waals surface area contributed by atoms with Gasteiger partial charge in [0.2, 0.25) is 5.88 Å². The number of carbonyl (C=O) groups excluding carboxylic acids is 1. The van der Waals surface area contributed by atoms with Crippen LogP contribution in [0.3, 0.4) is 0 Å². The molecule has 5 nitrogen and oxygen atoms in total. The predicted molar refractivity (Wildman–Crippen MR) is 61.5 cm³/mol. The fraction of sp³-hybridized carbons (Fsp3) is 0.333. The fourth-order valence-corrected chi connectivity index (χ4v) is 1.21. The minimum atomic E-state index is -1.12. The minimum absolute atomic E-state index is 0.0150. The number of nitrogens with zero attached hydrogens (tertiary/aromatic N) is 1. The molecule has 1 rings (SSSR count). The molecule has 0 aliphatic carbocycles. The van der Waals surface area contributed by atoms with E-state index in [1.807, 2.05) is 0 Å². The molecule has 0 amide bonds. The molecule has 1 aromatic heterocycles. The first-order chi connectivity index (χ1) is 8.10. The number of ether oxygens (including phenoxy) is 2. The van der Waals surface area contributed by atoms with E-state index >= 15 is 0 Å². The van der Waals surface area contributed by atoms with E-state index in [2.05, 4.69) is 11.6 Å². The zero-order valence-electron chi connectivity index (χ0n) is 9.84. The lowest BCUT2D eigenvalue weighted by molar-refractivity contribution is -0.139. The van der Waals surface area contributed by atoms with Gasteiger partial charge in [-0.05, 0) is 13.0 Å². The Morgan fingerprint density at radius 2 is 2.29 bits per heavy atom. The predicted octanol–water partition coefficient (Wildman–Crippen LogP) is 1.24. The molecule has 1 N–H and O–H groups in total. The maximum Gasteiger partial charge on any atom is 0.336 e. The molecule has 0 bridgehead atoms. The Hall–Kier alpha value is -1.88. The lowest BCUT2D eigenvalue weighted by Crippen LogP contribution is -2.13. The third kappa shape index (κ3) is 3.29. The molecule has 0 saturated carbocycles. The molecule has 0 aliphatic heterocycles. The summed E-state index contributed by atoms with van der Waals surface area (Å²) in [5, 5.41) is 9.87. The van der Waals surface area contributed by atoms with E-state index in [1.54, 1.807) is 19.1 Å². The van der Waals surface area contributed by atoms with Crippen LogP contribution in [-0.4, -0.2) is 29.8 Å². The van der Waals surface area contributed by atoms with Crippen molar-refractivity contribution in [3.8, 4) is 5.88 Å². The monoisotopic (exact) mass is 237 g/mol. The summed E-state index contributed by atoms with van der Waals surface area (Å²) < 4.78 is 9.64. The Bertz CT molecular complexity index is 399. The van der Waals surface area contributed by atoms with Crippen molar-refractivity contribution < 1.29 is 19.4 Å². The Kier molecular flexibility index (Phi) is 4.66. The third-order valence-electron chi connectivity index (χ3n) is 2.15. The smallest absolute Gasteiger partial charge is 0.336 e. The number of aliphatic hydroxyl groups is 1. The van der Waals surface area contributed by atoms with Crippen molar-refractivity contribution in [3.63, 3.8) is 0 Å². The van der Waals surface area contributed by atoms with Crippen LogP contribution in [0.15, 0.2) is 30.5 Å². The Balaban J connectivity index is 2.77. The van der Waals surface area contributed by atoms with Gasteiger partial charge in [0.05, 0.1) is 19.3 Å². The highest BCUT2D eigenvalue weighted by Crippen LogP contribution is 2.21. The van der Waals surface area contributed by atoms with Crippen molar-refractivity contribution in [1.29, 1.82) is 0 Å². The summed E-state index contributed by atoms with van der Waals surface area (Å²) in [5.41, 5.74) is 0.447. The lowest BCUT2D eigenvalue weighted by atomic mass is 10.1. The molecule has 1 heterocycles. The first kappa shape index (κ1) is 13.2. The van der Waals surface area contributed by atoms with Crippen molar-refractivity contribution in [3.05, 3.63) is 36.0 Å². The summed E-state index contributed by atoms with van der Waals surface area (Å²) in [7, 11) is 1.50. The van der Waals surface area contributed by atoms with Gasteiger partial charge < -0.3 is 14.6 Å². The Morgan fingerprint density at radius 1 is 1.59 bits per heavy atom. The van der Waals surface area contributed by atoms with E-state index in [9.17, 15) is 9.90 Å². The third-order valence-corrected chi connectivity index (χ3v) is 2.15. The number of aliphatic hydroxyl groups excluding tert-OH is 1. The second kappa shape index (κ2) is 6.00. The van der Waals surface area contributed by atoms with E-state index in [-0.39, 0.29) is 12.2 Å². The highest BCUT2D eigenvalue weighted by Gasteiger charge is 2.19. The molecule has 5 heteroatoms. The quantitative estimate of drug-likeness (QED) is 0.616. The van der Waals surface area contributed by atoms with Crippen LogP contribution in [0.25, 0.3) is 0 Å². The molecular weight excluding hydrogens is 222 g/mol. The molecule has 17 heavy (non-hydrogen) atoms. The van der Waals surface area contributed by atoms with Gasteiger partial charge >= 0.3 is 5.97 Å². The molecule has 0 spiro atoms. The number of methoxy groups -OCH3 is 1. The van der Waals surface area contributed by atoms with Crippen LogP contribution in [0.5, 0.6) is 5.88 Å². The van der Waals surface area contributed by atoms with Crippen molar-refractivity contribution in [2.45, 2.75) is 13.0 Å². The zero-order valence-corrected chi connectivity index (χ0v) is 9.84. The molecular formula is C12H15NO4. The van der Waals surface area contributed by atoms with Crippen LogP contribution in [-0.2, 0) is 9.53 Å². The van der Waals surface area contributed by atoms with E-state index in [0.29, 0.717) is 11.4 Å². The van der Waals surface area contributed by atoms with Gasteiger partial charge in [0.15, 0.2) is 0 Å². The number of pyridine rings is 1. The highest BCUT2D eigenvalue weighted by atomic mass is 16.5. The average Bonchev–Trinajstić information content (AvgIpc) is 2.37. The minimum Gasteiger partial charge on any atom is -0.481 e. The topological polar surface area (TPSA) is 68.7 Å². The van der Waals surface area contributed by atoms with Gasteiger partial charge in [-0.25, -0.2) is 9.78 Å². The number of aromatic nitrogens is 1. The number of carbonyl (C=O) groups is 1. The number of hydrogen-bond acceptors (Lipinski definition) is 5. The number of esters is 1. The standard InChI is InChI=1S/C12H15NO4/c1-4-17-12(15)8(2)11(14)9-5-6-10(16-3)13-7-9/h5-7,11,14H,2,4H2,1,3H3. The molecule has 92 valence electrons. The van der Waals surface area contributed by atoms with E-state index in [0.717, 1.165) is 0 Å². The summed E-state index contributed by atoms with van der Waals surface area (Å²) in [5.74, 6) is -0.182. The number of hydrogen-bond donors (Lipinski definition) is 1. The molecule has 0 fully saturated rings. The van der Waals surface area contributed by atoms with E-state index in [1.165, 1.54) is 13.3 Å². The van der Waals surface area contributed by atoms with E-state index in [4.69, 9.17) is 9.47 Å². The molecule has 0 saturated heterocycles. The molecule has 1 aromatic rings. The van der Waals surface area contributed by atoms with Crippen LogP contribution >= 0.6 is 0 Å². The van der Waals surface area contributed by atoms with Gasteiger partial charge in [-0.1, -0.05) is 6.58 Å². The Labute approximate surface area is 99.7 Å². The lowest BCUT2D eigenvalue weighted by Gasteiger charge is -2.12. The average molecular weight is 237 g/mol. The normalized spacial score (nSPS) is 11.7. The van der Waals surface area contributed by atoms with Gasteiger partial charge in [0.25, 0.3) is 0 Å². The summed E-state index contributed by atoms with van der Waals surface area (Å²) in [6, 6.07) is 3.21. The van der Waals surface area contributed by atoms with E-state index < -0.39 is 12.1 Å². The second-order valence-electron chi connectivity index (χ2n) is 3.28. The van der Waals surface area contributed by atoms with Crippen molar-refractivity contribution in [1.82, 2.24) is 4.98 Å². The summed E-state index contributed by atoms with van der Waals surface area (Å²) in [6.45, 7) is 5.44. The first-order valence-corrected chi connectivity index (χ1v) is 5.14. The fourth-order valence-electron chi connectivity index (χ4n) is 1.21. The van der Waals surface area contributed by atoms with Gasteiger partial charge in [-0.2, -0.15) is 0 Å². The second-order valence-corrected chi connectivity index (χ2v) is 3.28. The van der Waals surface area contributed by atoms with Crippen molar-refractivity contribution in [2.24, 2.45) is 0 Å². The molecule has 0 aliphatic rings. The van der Waals surface area contributed by atoms with Gasteiger partial charge in [-0.3, -0.25) is 0 Å². The van der Waals surface area contributed by atoms with Gasteiger partial charge in [-0.15, -0.1) is 0 Å². The van der Waals surface area contributed by atoms with Crippen molar-refractivity contribution >= 4 is 5.97 Å². The SMILES string of the molecule is C=C(C(=O)OCC)C(O)c1ccc(OC)nc1. The molecule has 1 atom stereocenters.